The molecule has 0 saturated carbocycles. The highest BCUT2D eigenvalue weighted by Gasteiger charge is 2.40. The summed E-state index contributed by atoms with van der Waals surface area (Å²) in [6, 6.07) is 21.4. The van der Waals surface area contributed by atoms with Gasteiger partial charge in [-0.05, 0) is 78.0 Å². The monoisotopic (exact) mass is 526 g/mol. The van der Waals surface area contributed by atoms with Crippen molar-refractivity contribution in [3.05, 3.63) is 99.7 Å². The average Bonchev–Trinajstić information content (AvgIpc) is 3.09. The minimum absolute atomic E-state index is 0.178. The predicted molar refractivity (Wildman–Crippen MR) is 140 cm³/mol. The molecule has 0 atom stereocenters. The van der Waals surface area contributed by atoms with Gasteiger partial charge in [-0.1, -0.05) is 47.5 Å². The van der Waals surface area contributed by atoms with Crippen LogP contribution in [-0.4, -0.2) is 35.5 Å². The molecular formula is C26H20Cl2N2O4S. The molecule has 0 bridgehead atoms. The molecule has 3 aromatic rings. The standard InChI is InChI=1S/C26H20Cl2N2O4S/c1-33-24(31)15-29-23(25(32)30(26(29)35)21-10-8-20(28)9-11-21)14-17-4-12-22(13-5-17)34-16-18-2-6-19(27)7-3-18/h2-14H,15-16H2,1H3/b23-14-. The lowest BCUT2D eigenvalue weighted by Crippen LogP contribution is -2.35. The lowest BCUT2D eigenvalue weighted by molar-refractivity contribution is -0.140. The zero-order valence-corrected chi connectivity index (χ0v) is 20.9. The molecule has 35 heavy (non-hydrogen) atoms. The summed E-state index contributed by atoms with van der Waals surface area (Å²) in [7, 11) is 1.28. The SMILES string of the molecule is COC(=O)CN1C(=S)N(c2ccc(Cl)cc2)C(=O)/C1=C/c1ccc(OCc2ccc(Cl)cc2)cc1. The second-order valence-electron chi connectivity index (χ2n) is 7.58. The van der Waals surface area contributed by atoms with E-state index in [0.717, 1.165) is 11.1 Å². The number of benzene rings is 3. The Hall–Kier alpha value is -3.39. The fraction of sp³-hybridized carbons (Fsp3) is 0.115. The van der Waals surface area contributed by atoms with Crippen molar-refractivity contribution in [2.75, 3.05) is 18.6 Å². The fourth-order valence-corrected chi connectivity index (χ4v) is 4.01. The molecule has 6 nitrogen and oxygen atoms in total. The molecule has 1 amide bonds. The van der Waals surface area contributed by atoms with Gasteiger partial charge < -0.3 is 14.4 Å². The number of hydrogen-bond donors (Lipinski definition) is 0. The van der Waals surface area contributed by atoms with Gasteiger partial charge in [0, 0.05) is 10.0 Å². The number of carbonyl (C=O) groups excluding carboxylic acids is 2. The van der Waals surface area contributed by atoms with Crippen molar-refractivity contribution < 1.29 is 19.1 Å². The fourth-order valence-electron chi connectivity index (χ4n) is 3.41. The minimum Gasteiger partial charge on any atom is -0.489 e. The quantitative estimate of drug-likeness (QED) is 0.223. The molecule has 0 radical (unpaired) electrons. The number of esters is 1. The highest BCUT2D eigenvalue weighted by molar-refractivity contribution is 7.80. The molecule has 1 fully saturated rings. The van der Waals surface area contributed by atoms with Crippen LogP contribution in [0.5, 0.6) is 5.75 Å². The Kier molecular flexibility index (Phi) is 7.70. The molecule has 9 heteroatoms. The van der Waals surface area contributed by atoms with Crippen LogP contribution in [0.3, 0.4) is 0 Å². The summed E-state index contributed by atoms with van der Waals surface area (Å²) in [5, 5.41) is 1.38. The van der Waals surface area contributed by atoms with Gasteiger partial charge in [-0.3, -0.25) is 14.5 Å². The number of ether oxygens (including phenoxy) is 2. The summed E-state index contributed by atoms with van der Waals surface area (Å²) in [6.45, 7) is 0.201. The Morgan fingerprint density at radius 3 is 2.14 bits per heavy atom. The molecule has 1 saturated heterocycles. The van der Waals surface area contributed by atoms with Gasteiger partial charge in [0.15, 0.2) is 5.11 Å². The van der Waals surface area contributed by atoms with Crippen LogP contribution < -0.4 is 9.64 Å². The zero-order chi connectivity index (χ0) is 24.9. The van der Waals surface area contributed by atoms with Gasteiger partial charge in [-0.25, -0.2) is 0 Å². The van der Waals surface area contributed by atoms with Crippen molar-refractivity contribution in [1.29, 1.82) is 0 Å². The third-order valence-electron chi connectivity index (χ3n) is 5.24. The van der Waals surface area contributed by atoms with Crippen LogP contribution in [-0.2, 0) is 20.9 Å². The van der Waals surface area contributed by atoms with E-state index in [9.17, 15) is 9.59 Å². The second kappa shape index (κ2) is 10.9. The van der Waals surface area contributed by atoms with Crippen molar-refractivity contribution in [2.45, 2.75) is 6.61 Å². The summed E-state index contributed by atoms with van der Waals surface area (Å²) in [5.41, 5.74) is 2.54. The lowest BCUT2D eigenvalue weighted by atomic mass is 10.1. The van der Waals surface area contributed by atoms with E-state index in [1.165, 1.54) is 16.9 Å². The first kappa shape index (κ1) is 24.7. The Balaban J connectivity index is 1.56. The molecule has 4 rings (SSSR count). The first-order chi connectivity index (χ1) is 16.9. The van der Waals surface area contributed by atoms with Crippen LogP contribution in [0.2, 0.25) is 10.0 Å². The van der Waals surface area contributed by atoms with Crippen LogP contribution in [0.15, 0.2) is 78.5 Å². The lowest BCUT2D eigenvalue weighted by Gasteiger charge is -2.19. The molecule has 0 spiro atoms. The number of amides is 1. The number of methoxy groups -OCH3 is 1. The van der Waals surface area contributed by atoms with Gasteiger partial charge >= 0.3 is 5.97 Å². The first-order valence-electron chi connectivity index (χ1n) is 10.5. The van der Waals surface area contributed by atoms with E-state index in [-0.39, 0.29) is 23.3 Å². The smallest absolute Gasteiger partial charge is 0.325 e. The molecule has 178 valence electrons. The first-order valence-corrected chi connectivity index (χ1v) is 11.7. The van der Waals surface area contributed by atoms with E-state index in [0.29, 0.717) is 28.1 Å². The van der Waals surface area contributed by atoms with E-state index in [1.54, 1.807) is 30.3 Å². The van der Waals surface area contributed by atoms with E-state index < -0.39 is 5.97 Å². The largest absolute Gasteiger partial charge is 0.489 e. The van der Waals surface area contributed by atoms with Crippen LogP contribution in [0, 0.1) is 0 Å². The van der Waals surface area contributed by atoms with Crippen molar-refractivity contribution in [3.8, 4) is 5.75 Å². The molecule has 1 heterocycles. The van der Waals surface area contributed by atoms with Crippen LogP contribution in [0.1, 0.15) is 11.1 Å². The number of anilines is 1. The van der Waals surface area contributed by atoms with Crippen LogP contribution in [0.25, 0.3) is 6.08 Å². The van der Waals surface area contributed by atoms with Crippen molar-refractivity contribution in [2.24, 2.45) is 0 Å². The highest BCUT2D eigenvalue weighted by Crippen LogP contribution is 2.30. The Morgan fingerprint density at radius 1 is 0.943 bits per heavy atom. The normalized spacial score (nSPS) is 14.5. The van der Waals surface area contributed by atoms with E-state index in [2.05, 4.69) is 0 Å². The topological polar surface area (TPSA) is 59.1 Å². The minimum atomic E-state index is -0.519. The molecular weight excluding hydrogens is 507 g/mol. The maximum atomic E-state index is 13.3. The van der Waals surface area contributed by atoms with Gasteiger partial charge in [0.2, 0.25) is 0 Å². The third kappa shape index (κ3) is 5.82. The molecule has 0 aliphatic carbocycles. The maximum absolute atomic E-state index is 13.3. The van der Waals surface area contributed by atoms with Gasteiger partial charge in [0.25, 0.3) is 5.91 Å². The summed E-state index contributed by atoms with van der Waals surface area (Å²) in [5.74, 6) is -0.205. The summed E-state index contributed by atoms with van der Waals surface area (Å²) >= 11 is 17.4. The van der Waals surface area contributed by atoms with Crippen LogP contribution >= 0.6 is 35.4 Å². The Bertz CT molecular complexity index is 1280. The van der Waals surface area contributed by atoms with Crippen molar-refractivity contribution >= 4 is 64.2 Å². The van der Waals surface area contributed by atoms with E-state index >= 15 is 0 Å². The molecule has 0 unspecified atom stereocenters. The van der Waals surface area contributed by atoms with Crippen LogP contribution in [0.4, 0.5) is 5.69 Å². The summed E-state index contributed by atoms with van der Waals surface area (Å²) in [6.07, 6.45) is 1.68. The number of thiocarbonyl (C=S) groups is 1. The number of nitrogens with zero attached hydrogens (tertiary/aromatic N) is 2. The molecule has 1 aliphatic rings. The maximum Gasteiger partial charge on any atom is 0.325 e. The average molecular weight is 527 g/mol. The zero-order valence-electron chi connectivity index (χ0n) is 18.6. The summed E-state index contributed by atoms with van der Waals surface area (Å²) < 4.78 is 10.6. The number of rotatable bonds is 7. The summed E-state index contributed by atoms with van der Waals surface area (Å²) in [4.78, 5) is 28.2. The number of halogens is 2. The molecule has 0 aromatic heterocycles. The van der Waals surface area contributed by atoms with Crippen molar-refractivity contribution in [3.63, 3.8) is 0 Å². The number of carbonyl (C=O) groups is 2. The van der Waals surface area contributed by atoms with Gasteiger partial charge in [0.1, 0.15) is 24.6 Å². The van der Waals surface area contributed by atoms with Gasteiger partial charge in [-0.15, -0.1) is 0 Å². The molecule has 0 N–H and O–H groups in total. The number of hydrogen-bond acceptors (Lipinski definition) is 5. The van der Waals surface area contributed by atoms with E-state index in [1.807, 2.05) is 48.5 Å². The van der Waals surface area contributed by atoms with Crippen molar-refractivity contribution in [1.82, 2.24) is 4.90 Å². The second-order valence-corrected chi connectivity index (χ2v) is 8.81. The third-order valence-corrected chi connectivity index (χ3v) is 6.14. The highest BCUT2D eigenvalue weighted by atomic mass is 35.5. The van der Waals surface area contributed by atoms with Gasteiger partial charge in [-0.2, -0.15) is 0 Å². The predicted octanol–water partition coefficient (Wildman–Crippen LogP) is 5.72. The Labute approximate surface area is 218 Å². The van der Waals surface area contributed by atoms with Gasteiger partial charge in [0.05, 0.1) is 12.8 Å². The molecule has 3 aromatic carbocycles. The Morgan fingerprint density at radius 2 is 1.54 bits per heavy atom. The van der Waals surface area contributed by atoms with E-state index in [4.69, 9.17) is 44.9 Å². The molecule has 1 aliphatic heterocycles.